The summed E-state index contributed by atoms with van der Waals surface area (Å²) in [4.78, 5) is 25.4. The van der Waals surface area contributed by atoms with Crippen LogP contribution in [0, 0.1) is 6.92 Å². The van der Waals surface area contributed by atoms with Crippen LogP contribution in [0.2, 0.25) is 0 Å². The van der Waals surface area contributed by atoms with Crippen LogP contribution in [0.3, 0.4) is 0 Å². The third-order valence-electron chi connectivity index (χ3n) is 4.95. The summed E-state index contributed by atoms with van der Waals surface area (Å²) in [6, 6.07) is 17.9. The average molecular weight is 468 g/mol. The van der Waals surface area contributed by atoms with Crippen LogP contribution in [0.15, 0.2) is 71.7 Å². The molecule has 0 fully saturated rings. The monoisotopic (exact) mass is 467 g/mol. The fourth-order valence-electron chi connectivity index (χ4n) is 3.49. The van der Waals surface area contributed by atoms with Crippen molar-refractivity contribution in [1.29, 1.82) is 0 Å². The highest BCUT2D eigenvalue weighted by molar-refractivity contribution is 7.88. The summed E-state index contributed by atoms with van der Waals surface area (Å²) in [7, 11) is -3.40. The Kier molecular flexibility index (Phi) is 7.84. The lowest BCUT2D eigenvalue weighted by molar-refractivity contribution is 0.0948. The molecule has 0 saturated carbocycles. The van der Waals surface area contributed by atoms with Crippen molar-refractivity contribution in [2.24, 2.45) is 0 Å². The fraction of sp³-hybridized carbons (Fsp3) is 0.280. The average Bonchev–Trinajstić information content (AvgIpc) is 2.73. The highest BCUT2D eigenvalue weighted by atomic mass is 32.2. The van der Waals surface area contributed by atoms with Gasteiger partial charge in [-0.15, -0.1) is 0 Å². The van der Waals surface area contributed by atoms with E-state index in [1.807, 2.05) is 31.2 Å². The minimum absolute atomic E-state index is 0.0765. The minimum Gasteiger partial charge on any atom is -0.348 e. The third-order valence-corrected chi connectivity index (χ3v) is 6.49. The number of nitrogens with one attached hydrogen (secondary N) is 2. The van der Waals surface area contributed by atoms with Crippen LogP contribution in [0.25, 0.3) is 0 Å². The molecule has 1 heterocycles. The Bertz CT molecular complexity index is 1280. The van der Waals surface area contributed by atoms with E-state index in [0.717, 1.165) is 16.7 Å². The molecule has 0 spiro atoms. The van der Waals surface area contributed by atoms with E-state index < -0.39 is 15.9 Å². The third kappa shape index (κ3) is 7.13. The molecule has 0 unspecified atom stereocenters. The van der Waals surface area contributed by atoms with Gasteiger partial charge in [0.1, 0.15) is 5.56 Å². The Labute approximate surface area is 194 Å². The van der Waals surface area contributed by atoms with Crippen molar-refractivity contribution in [1.82, 2.24) is 14.6 Å². The molecule has 0 aliphatic rings. The van der Waals surface area contributed by atoms with Gasteiger partial charge in [0, 0.05) is 18.8 Å². The van der Waals surface area contributed by atoms with Crippen LogP contribution < -0.4 is 15.6 Å². The summed E-state index contributed by atoms with van der Waals surface area (Å²) in [5.74, 6) is -0.561. The maximum Gasteiger partial charge on any atom is 0.263 e. The maximum absolute atomic E-state index is 12.8. The molecule has 7 nitrogen and oxygen atoms in total. The summed E-state index contributed by atoms with van der Waals surface area (Å²) in [6.45, 7) is 6.14. The van der Waals surface area contributed by atoms with Crippen molar-refractivity contribution in [3.8, 4) is 0 Å². The molecule has 1 aromatic heterocycles. The first-order valence-electron chi connectivity index (χ1n) is 10.7. The zero-order chi connectivity index (χ0) is 24.0. The van der Waals surface area contributed by atoms with E-state index in [2.05, 4.69) is 10.0 Å². The molecule has 1 amide bonds. The number of aromatic nitrogens is 1. The molecule has 0 bridgehead atoms. The lowest BCUT2D eigenvalue weighted by atomic mass is 10.1. The van der Waals surface area contributed by atoms with Crippen molar-refractivity contribution in [2.45, 2.75) is 45.7 Å². The number of aryl methyl sites for hydroxylation is 1. The number of pyridine rings is 1. The SMILES string of the molecule is Cc1cccc(Cn2cccc(C(=O)NCc3ccc(CS(=O)(=O)NC(C)C)cc3)c2=O)c1. The molecule has 8 heteroatoms. The number of benzene rings is 2. The molecular formula is C25H29N3O4S. The normalized spacial score (nSPS) is 11.5. The van der Waals surface area contributed by atoms with Gasteiger partial charge in [-0.05, 0) is 49.6 Å². The van der Waals surface area contributed by atoms with Gasteiger partial charge in [0.15, 0.2) is 0 Å². The summed E-state index contributed by atoms with van der Waals surface area (Å²) in [5.41, 5.74) is 3.27. The van der Waals surface area contributed by atoms with Gasteiger partial charge in [0.2, 0.25) is 10.0 Å². The first-order chi connectivity index (χ1) is 15.6. The van der Waals surface area contributed by atoms with Crippen LogP contribution in [0.1, 0.15) is 46.5 Å². The van der Waals surface area contributed by atoms with Gasteiger partial charge in [0.25, 0.3) is 11.5 Å². The molecule has 0 aliphatic carbocycles. The highest BCUT2D eigenvalue weighted by Crippen LogP contribution is 2.09. The van der Waals surface area contributed by atoms with Gasteiger partial charge in [-0.1, -0.05) is 54.1 Å². The second-order valence-corrected chi connectivity index (χ2v) is 10.1. The van der Waals surface area contributed by atoms with Crippen LogP contribution >= 0.6 is 0 Å². The Morgan fingerprint density at radius 3 is 2.33 bits per heavy atom. The van der Waals surface area contributed by atoms with E-state index in [0.29, 0.717) is 12.1 Å². The zero-order valence-electron chi connectivity index (χ0n) is 19.0. The standard InChI is InChI=1S/C25H29N3O4S/c1-18(2)27-33(31,32)17-21-11-9-20(10-12-21)15-26-24(29)23-8-5-13-28(25(23)30)16-22-7-4-6-19(3)14-22/h4-14,18,27H,15-17H2,1-3H3,(H,26,29). The molecule has 3 aromatic rings. The van der Waals surface area contributed by atoms with E-state index in [4.69, 9.17) is 0 Å². The number of carbonyl (C=O) groups is 1. The van der Waals surface area contributed by atoms with Gasteiger partial charge in [-0.25, -0.2) is 13.1 Å². The quantitative estimate of drug-likeness (QED) is 0.506. The van der Waals surface area contributed by atoms with Crippen LogP contribution in [-0.4, -0.2) is 24.9 Å². The molecule has 2 aromatic carbocycles. The number of nitrogens with zero attached hydrogens (tertiary/aromatic N) is 1. The Balaban J connectivity index is 1.63. The number of rotatable bonds is 9. The van der Waals surface area contributed by atoms with Crippen molar-refractivity contribution in [3.63, 3.8) is 0 Å². The number of hydrogen-bond acceptors (Lipinski definition) is 4. The maximum atomic E-state index is 12.8. The van der Waals surface area contributed by atoms with Crippen molar-refractivity contribution < 1.29 is 13.2 Å². The Hall–Kier alpha value is -3.23. The van der Waals surface area contributed by atoms with Gasteiger partial charge in [-0.2, -0.15) is 0 Å². The smallest absolute Gasteiger partial charge is 0.263 e. The van der Waals surface area contributed by atoms with Gasteiger partial charge < -0.3 is 9.88 Å². The number of sulfonamides is 1. The molecule has 0 saturated heterocycles. The second kappa shape index (κ2) is 10.6. The summed E-state index contributed by atoms with van der Waals surface area (Å²) in [5, 5.41) is 2.77. The topological polar surface area (TPSA) is 97.3 Å². The highest BCUT2D eigenvalue weighted by Gasteiger charge is 2.14. The molecule has 3 rings (SSSR count). The van der Waals surface area contributed by atoms with Crippen LogP contribution in [-0.2, 0) is 28.9 Å². The largest absolute Gasteiger partial charge is 0.348 e. The van der Waals surface area contributed by atoms with Crippen molar-refractivity contribution in [2.75, 3.05) is 0 Å². The van der Waals surface area contributed by atoms with E-state index in [9.17, 15) is 18.0 Å². The summed E-state index contributed by atoms with van der Waals surface area (Å²) in [6.07, 6.45) is 1.67. The molecule has 174 valence electrons. The van der Waals surface area contributed by atoms with E-state index in [1.54, 1.807) is 50.4 Å². The lowest BCUT2D eigenvalue weighted by Crippen LogP contribution is -2.32. The van der Waals surface area contributed by atoms with Crippen LogP contribution in [0.5, 0.6) is 0 Å². The number of hydrogen-bond donors (Lipinski definition) is 2. The first kappa shape index (κ1) is 24.4. The van der Waals surface area contributed by atoms with Gasteiger partial charge in [0.05, 0.1) is 12.3 Å². The van der Waals surface area contributed by atoms with E-state index in [-0.39, 0.29) is 29.5 Å². The molecule has 33 heavy (non-hydrogen) atoms. The molecule has 0 radical (unpaired) electrons. The lowest BCUT2D eigenvalue weighted by Gasteiger charge is -2.11. The predicted octanol–water partition coefficient (Wildman–Crippen LogP) is 2.96. The Morgan fingerprint density at radius 1 is 0.970 bits per heavy atom. The van der Waals surface area contributed by atoms with Crippen molar-refractivity contribution in [3.05, 3.63) is 105 Å². The van der Waals surface area contributed by atoms with Gasteiger partial charge >= 0.3 is 0 Å². The fourth-order valence-corrected chi connectivity index (χ4v) is 4.93. The number of amides is 1. The molecule has 2 N–H and O–H groups in total. The Morgan fingerprint density at radius 2 is 1.67 bits per heavy atom. The minimum atomic E-state index is -3.40. The van der Waals surface area contributed by atoms with Crippen LogP contribution in [0.4, 0.5) is 0 Å². The molecule has 0 atom stereocenters. The van der Waals surface area contributed by atoms with Crippen molar-refractivity contribution >= 4 is 15.9 Å². The van der Waals surface area contributed by atoms with Gasteiger partial charge in [-0.3, -0.25) is 9.59 Å². The second-order valence-electron chi connectivity index (χ2n) is 8.37. The van der Waals surface area contributed by atoms with E-state index in [1.165, 1.54) is 10.6 Å². The number of carbonyl (C=O) groups excluding carboxylic acids is 1. The summed E-state index contributed by atoms with van der Waals surface area (Å²) < 4.78 is 28.2. The zero-order valence-corrected chi connectivity index (χ0v) is 19.9. The first-order valence-corrected chi connectivity index (χ1v) is 12.4. The van der Waals surface area contributed by atoms with E-state index >= 15 is 0 Å². The predicted molar refractivity (Wildman–Crippen MR) is 129 cm³/mol. The molecule has 0 aliphatic heterocycles. The summed E-state index contributed by atoms with van der Waals surface area (Å²) >= 11 is 0. The molecular weight excluding hydrogens is 438 g/mol.